The SMILES string of the molecule is COC1CN(c2ccc([C@H]3C[C@@]4(C)[C@@H](CC[C@@]4(O)C#CC(C)(C)C)[C@@H]4CCC5=CC(=O)CCC5=C43)cc2)C1. The molecule has 1 heterocycles. The van der Waals surface area contributed by atoms with E-state index < -0.39 is 5.60 Å². The third-order valence-corrected chi connectivity index (χ3v) is 10.4. The fourth-order valence-electron chi connectivity index (χ4n) is 8.18. The molecule has 3 fully saturated rings. The Morgan fingerprint density at radius 2 is 1.82 bits per heavy atom. The quantitative estimate of drug-likeness (QED) is 0.489. The lowest BCUT2D eigenvalue weighted by atomic mass is 9.51. The predicted octanol–water partition coefficient (Wildman–Crippen LogP) is 6.20. The van der Waals surface area contributed by atoms with E-state index in [0.29, 0.717) is 24.4 Å². The molecule has 1 aromatic rings. The number of rotatable bonds is 3. The van der Waals surface area contributed by atoms with Gasteiger partial charge in [0.1, 0.15) is 5.60 Å². The Morgan fingerprint density at radius 3 is 2.50 bits per heavy atom. The Kier molecular flexibility index (Phi) is 6.21. The van der Waals surface area contributed by atoms with Gasteiger partial charge < -0.3 is 14.7 Å². The van der Waals surface area contributed by atoms with Crippen molar-refractivity contribution in [2.24, 2.45) is 22.7 Å². The van der Waals surface area contributed by atoms with E-state index in [4.69, 9.17) is 4.74 Å². The minimum Gasteiger partial charge on any atom is -0.378 e. The van der Waals surface area contributed by atoms with Crippen LogP contribution in [0.1, 0.15) is 84.1 Å². The lowest BCUT2D eigenvalue weighted by Crippen LogP contribution is -2.52. The van der Waals surface area contributed by atoms with Gasteiger partial charge in [0.05, 0.1) is 6.10 Å². The van der Waals surface area contributed by atoms with Crippen molar-refractivity contribution in [3.05, 3.63) is 52.6 Å². The predicted molar refractivity (Wildman–Crippen MR) is 152 cm³/mol. The molecule has 1 N–H and O–H groups in total. The molecule has 6 rings (SSSR count). The maximum Gasteiger partial charge on any atom is 0.156 e. The number of nitrogens with zero attached hydrogens (tertiary/aromatic N) is 1. The van der Waals surface area contributed by atoms with Crippen molar-refractivity contribution in [1.82, 2.24) is 0 Å². The molecule has 0 unspecified atom stereocenters. The fraction of sp³-hybridized carbons (Fsp3) is 0.618. The van der Waals surface area contributed by atoms with Crippen molar-refractivity contribution in [3.63, 3.8) is 0 Å². The topological polar surface area (TPSA) is 49.8 Å². The van der Waals surface area contributed by atoms with Gasteiger partial charge in [0.2, 0.25) is 0 Å². The van der Waals surface area contributed by atoms with E-state index in [9.17, 15) is 9.90 Å². The van der Waals surface area contributed by atoms with Crippen molar-refractivity contribution in [1.29, 1.82) is 0 Å². The molecular formula is C34H43NO3. The number of fused-ring (bicyclic) bond motifs is 4. The zero-order valence-corrected chi connectivity index (χ0v) is 23.8. The molecule has 0 spiro atoms. The van der Waals surface area contributed by atoms with Gasteiger partial charge in [-0.1, -0.05) is 36.5 Å². The average molecular weight is 514 g/mol. The highest BCUT2D eigenvalue weighted by molar-refractivity contribution is 5.93. The first-order valence-electron chi connectivity index (χ1n) is 14.6. The van der Waals surface area contributed by atoms with Crippen LogP contribution < -0.4 is 4.90 Å². The van der Waals surface area contributed by atoms with Crippen LogP contribution in [0.2, 0.25) is 0 Å². The van der Waals surface area contributed by atoms with E-state index >= 15 is 0 Å². The second-order valence-corrected chi connectivity index (χ2v) is 13.7. The molecule has 0 radical (unpaired) electrons. The summed E-state index contributed by atoms with van der Waals surface area (Å²) in [4.78, 5) is 14.7. The van der Waals surface area contributed by atoms with Gasteiger partial charge in [0, 0.05) is 49.1 Å². The Labute approximate surface area is 228 Å². The smallest absolute Gasteiger partial charge is 0.156 e. The number of anilines is 1. The first-order valence-corrected chi connectivity index (χ1v) is 14.6. The minimum absolute atomic E-state index is 0.140. The summed E-state index contributed by atoms with van der Waals surface area (Å²) in [6, 6.07) is 9.16. The molecule has 0 bridgehead atoms. The van der Waals surface area contributed by atoms with Crippen LogP contribution in [0.5, 0.6) is 0 Å². The number of carbonyl (C=O) groups excluding carboxylic acids is 1. The molecule has 4 nitrogen and oxygen atoms in total. The van der Waals surface area contributed by atoms with E-state index in [0.717, 1.165) is 51.6 Å². The number of carbonyl (C=O) groups is 1. The monoisotopic (exact) mass is 513 g/mol. The highest BCUT2D eigenvalue weighted by atomic mass is 16.5. The summed E-state index contributed by atoms with van der Waals surface area (Å²) in [7, 11) is 1.79. The molecule has 38 heavy (non-hydrogen) atoms. The molecule has 4 heteroatoms. The van der Waals surface area contributed by atoms with Gasteiger partial charge in [-0.05, 0) is 106 Å². The van der Waals surface area contributed by atoms with Gasteiger partial charge in [0.15, 0.2) is 5.78 Å². The van der Waals surface area contributed by atoms with Gasteiger partial charge >= 0.3 is 0 Å². The summed E-state index contributed by atoms with van der Waals surface area (Å²) in [5.74, 6) is 8.23. The molecular weight excluding hydrogens is 470 g/mol. The molecule has 1 saturated heterocycles. The Morgan fingerprint density at radius 1 is 1.08 bits per heavy atom. The number of benzene rings is 1. The zero-order valence-electron chi connectivity index (χ0n) is 23.8. The van der Waals surface area contributed by atoms with E-state index in [1.807, 2.05) is 6.08 Å². The average Bonchev–Trinajstić information content (AvgIpc) is 3.12. The van der Waals surface area contributed by atoms with Gasteiger partial charge in [-0.15, -0.1) is 0 Å². The summed E-state index contributed by atoms with van der Waals surface area (Å²) >= 11 is 0. The first kappa shape index (κ1) is 25.9. The maximum absolute atomic E-state index is 12.3. The van der Waals surface area contributed by atoms with Crippen LogP contribution in [-0.2, 0) is 9.53 Å². The molecule has 5 aliphatic rings. The van der Waals surface area contributed by atoms with E-state index in [2.05, 4.69) is 68.7 Å². The highest BCUT2D eigenvalue weighted by Crippen LogP contribution is 2.66. The number of allylic oxidation sites excluding steroid dienone is 4. The normalized spacial score (nSPS) is 35.0. The molecule has 1 aromatic carbocycles. The summed E-state index contributed by atoms with van der Waals surface area (Å²) in [6.45, 7) is 10.6. The molecule has 0 amide bonds. The summed E-state index contributed by atoms with van der Waals surface area (Å²) in [6.07, 6.45) is 8.48. The van der Waals surface area contributed by atoms with Crippen molar-refractivity contribution in [2.75, 3.05) is 25.1 Å². The molecule has 202 valence electrons. The van der Waals surface area contributed by atoms with E-state index in [1.54, 1.807) is 12.7 Å². The maximum atomic E-state index is 12.3. The largest absolute Gasteiger partial charge is 0.378 e. The lowest BCUT2D eigenvalue weighted by Gasteiger charge is -2.53. The third-order valence-electron chi connectivity index (χ3n) is 10.4. The Balaban J connectivity index is 1.42. The van der Waals surface area contributed by atoms with Crippen LogP contribution in [0.15, 0.2) is 47.1 Å². The number of aliphatic hydroxyl groups is 1. The van der Waals surface area contributed by atoms with Gasteiger partial charge in [0.25, 0.3) is 0 Å². The van der Waals surface area contributed by atoms with Crippen LogP contribution in [0, 0.1) is 34.5 Å². The summed E-state index contributed by atoms with van der Waals surface area (Å²) in [5.41, 5.74) is 5.52. The highest BCUT2D eigenvalue weighted by Gasteiger charge is 2.62. The van der Waals surface area contributed by atoms with Crippen LogP contribution >= 0.6 is 0 Å². The zero-order chi connectivity index (χ0) is 26.9. The van der Waals surface area contributed by atoms with Gasteiger partial charge in [-0.25, -0.2) is 0 Å². The molecule has 0 aromatic heterocycles. The van der Waals surface area contributed by atoms with Crippen LogP contribution in [0.3, 0.4) is 0 Å². The second-order valence-electron chi connectivity index (χ2n) is 13.7. The molecule has 4 aliphatic carbocycles. The second kappa shape index (κ2) is 9.10. The molecule has 5 atom stereocenters. The van der Waals surface area contributed by atoms with Crippen molar-refractivity contribution in [3.8, 4) is 11.8 Å². The number of hydrogen-bond donors (Lipinski definition) is 1. The number of ether oxygens (including phenoxy) is 1. The van der Waals surface area contributed by atoms with Crippen molar-refractivity contribution < 1.29 is 14.6 Å². The van der Waals surface area contributed by atoms with Crippen LogP contribution in [0.25, 0.3) is 0 Å². The first-order chi connectivity index (χ1) is 18.0. The fourth-order valence-corrected chi connectivity index (χ4v) is 8.18. The number of hydrogen-bond acceptors (Lipinski definition) is 4. The molecule has 1 aliphatic heterocycles. The summed E-state index contributed by atoms with van der Waals surface area (Å²) in [5, 5.41) is 12.2. The molecule has 2 saturated carbocycles. The van der Waals surface area contributed by atoms with Gasteiger partial charge in [-0.2, -0.15) is 0 Å². The van der Waals surface area contributed by atoms with E-state index in [1.165, 1.54) is 22.4 Å². The lowest BCUT2D eigenvalue weighted by molar-refractivity contribution is -0.114. The van der Waals surface area contributed by atoms with Gasteiger partial charge in [-0.3, -0.25) is 4.79 Å². The number of methoxy groups -OCH3 is 1. The van der Waals surface area contributed by atoms with Crippen LogP contribution in [-0.4, -0.2) is 42.8 Å². The minimum atomic E-state index is -0.967. The van der Waals surface area contributed by atoms with Crippen molar-refractivity contribution in [2.45, 2.75) is 90.3 Å². The third kappa shape index (κ3) is 4.18. The summed E-state index contributed by atoms with van der Waals surface area (Å²) < 4.78 is 5.47. The van der Waals surface area contributed by atoms with E-state index in [-0.39, 0.29) is 22.5 Å². The Hall–Kier alpha value is -2.35. The Bertz CT molecular complexity index is 1250. The van der Waals surface area contributed by atoms with Crippen molar-refractivity contribution >= 4 is 11.5 Å². The number of ketones is 1. The van der Waals surface area contributed by atoms with Crippen LogP contribution in [0.4, 0.5) is 5.69 Å². The standard InChI is InChI=1S/C34H43NO3/c1-32(2,3)16-17-34(37)15-14-30-28-12-8-23-18-25(36)11-13-27(23)31(28)29(19-33(30,34)4)22-6-9-24(10-7-22)35-20-26(21-35)38-5/h6-7,9-10,18,26,28-30,37H,8,11-15,19-21H2,1-5H3/t28-,29+,30-,33-,34+/m0/s1.